The van der Waals surface area contributed by atoms with Gasteiger partial charge in [0.05, 0.1) is 0 Å². The Labute approximate surface area is 83.6 Å². The van der Waals surface area contributed by atoms with Crippen LogP contribution in [-0.2, 0) is 0 Å². The van der Waals surface area contributed by atoms with Crippen molar-refractivity contribution in [2.24, 2.45) is 0 Å². The van der Waals surface area contributed by atoms with Crippen molar-refractivity contribution in [3.05, 3.63) is 40.9 Å². The SMILES string of the molecule is C/C=C(\C(C)=N)c1ccc(Cl)cc1. The number of hydrogen-bond acceptors (Lipinski definition) is 1. The summed E-state index contributed by atoms with van der Waals surface area (Å²) < 4.78 is 0. The minimum Gasteiger partial charge on any atom is -0.305 e. The van der Waals surface area contributed by atoms with Crippen molar-refractivity contribution in [1.29, 1.82) is 5.41 Å². The van der Waals surface area contributed by atoms with E-state index >= 15 is 0 Å². The number of hydrogen-bond donors (Lipinski definition) is 1. The van der Waals surface area contributed by atoms with Gasteiger partial charge in [-0.25, -0.2) is 0 Å². The average molecular weight is 194 g/mol. The Balaban J connectivity index is 3.07. The van der Waals surface area contributed by atoms with Crippen LogP contribution in [0, 0.1) is 5.41 Å². The first-order chi connectivity index (χ1) is 6.15. The molecule has 1 aromatic carbocycles. The third-order valence-corrected chi connectivity index (χ3v) is 2.10. The van der Waals surface area contributed by atoms with Crippen LogP contribution in [0.15, 0.2) is 30.3 Å². The number of allylic oxidation sites excluding steroid dienone is 2. The molecule has 2 heteroatoms. The number of rotatable bonds is 2. The summed E-state index contributed by atoms with van der Waals surface area (Å²) in [6.07, 6.45) is 1.94. The van der Waals surface area contributed by atoms with Gasteiger partial charge in [-0.3, -0.25) is 0 Å². The molecule has 13 heavy (non-hydrogen) atoms. The minimum atomic E-state index is 0.574. The first-order valence-electron chi connectivity index (χ1n) is 4.13. The molecule has 0 saturated heterocycles. The van der Waals surface area contributed by atoms with E-state index in [2.05, 4.69) is 0 Å². The molecule has 0 amide bonds. The Morgan fingerprint density at radius 3 is 2.23 bits per heavy atom. The summed E-state index contributed by atoms with van der Waals surface area (Å²) in [6.45, 7) is 3.71. The summed E-state index contributed by atoms with van der Waals surface area (Å²) in [6, 6.07) is 7.53. The molecule has 1 aromatic rings. The van der Waals surface area contributed by atoms with Crippen LogP contribution in [-0.4, -0.2) is 5.71 Å². The molecule has 1 rings (SSSR count). The third kappa shape index (κ3) is 2.43. The molecule has 0 atom stereocenters. The maximum Gasteiger partial charge on any atom is 0.0406 e. The van der Waals surface area contributed by atoms with Gasteiger partial charge < -0.3 is 5.41 Å². The van der Waals surface area contributed by atoms with Crippen molar-refractivity contribution in [1.82, 2.24) is 0 Å². The number of nitrogens with one attached hydrogen (secondary N) is 1. The zero-order chi connectivity index (χ0) is 9.84. The monoisotopic (exact) mass is 193 g/mol. The smallest absolute Gasteiger partial charge is 0.0406 e. The average Bonchev–Trinajstić information content (AvgIpc) is 2.09. The summed E-state index contributed by atoms with van der Waals surface area (Å²) in [5, 5.41) is 8.27. The summed E-state index contributed by atoms with van der Waals surface area (Å²) >= 11 is 5.77. The molecule has 0 aromatic heterocycles. The highest BCUT2D eigenvalue weighted by Crippen LogP contribution is 2.18. The van der Waals surface area contributed by atoms with Crippen molar-refractivity contribution in [2.75, 3.05) is 0 Å². The summed E-state index contributed by atoms with van der Waals surface area (Å²) in [4.78, 5) is 0. The van der Waals surface area contributed by atoms with Crippen molar-refractivity contribution in [3.63, 3.8) is 0 Å². The van der Waals surface area contributed by atoms with Crippen molar-refractivity contribution in [3.8, 4) is 0 Å². The standard InChI is InChI=1S/C11H12ClN/c1-3-11(8(2)13)9-4-6-10(12)7-5-9/h3-7,13H,1-2H3/b11-3+,13-8?. The van der Waals surface area contributed by atoms with Gasteiger partial charge in [-0.05, 0) is 37.1 Å². The molecule has 0 aliphatic carbocycles. The van der Waals surface area contributed by atoms with Crippen molar-refractivity contribution < 1.29 is 0 Å². The van der Waals surface area contributed by atoms with Gasteiger partial charge in [-0.15, -0.1) is 0 Å². The first kappa shape index (κ1) is 10.0. The molecule has 0 saturated carbocycles. The highest BCUT2D eigenvalue weighted by atomic mass is 35.5. The van der Waals surface area contributed by atoms with Gasteiger partial charge in [0, 0.05) is 10.7 Å². The van der Waals surface area contributed by atoms with Crippen LogP contribution < -0.4 is 0 Å². The summed E-state index contributed by atoms with van der Waals surface area (Å²) in [5.41, 5.74) is 2.57. The molecular formula is C11H12ClN. The van der Waals surface area contributed by atoms with Gasteiger partial charge >= 0.3 is 0 Å². The molecule has 68 valence electrons. The topological polar surface area (TPSA) is 23.9 Å². The second-order valence-corrected chi connectivity index (χ2v) is 3.27. The molecule has 0 fully saturated rings. The molecule has 0 bridgehead atoms. The Kier molecular flexibility index (Phi) is 3.26. The molecule has 0 spiro atoms. The lowest BCUT2D eigenvalue weighted by molar-refractivity contribution is 1.48. The van der Waals surface area contributed by atoms with Crippen LogP contribution in [0.1, 0.15) is 19.4 Å². The molecular weight excluding hydrogens is 182 g/mol. The van der Waals surface area contributed by atoms with Gasteiger partial charge in [0.1, 0.15) is 0 Å². The number of benzene rings is 1. The molecule has 0 unspecified atom stereocenters. The molecule has 0 aliphatic heterocycles. The van der Waals surface area contributed by atoms with E-state index < -0.39 is 0 Å². The first-order valence-corrected chi connectivity index (χ1v) is 4.50. The largest absolute Gasteiger partial charge is 0.305 e. The molecule has 1 N–H and O–H groups in total. The second-order valence-electron chi connectivity index (χ2n) is 2.83. The highest BCUT2D eigenvalue weighted by molar-refractivity contribution is 6.30. The molecule has 0 aliphatic rings. The third-order valence-electron chi connectivity index (χ3n) is 1.85. The maximum absolute atomic E-state index is 7.54. The predicted molar refractivity (Wildman–Crippen MR) is 58.5 cm³/mol. The Morgan fingerprint density at radius 1 is 1.31 bits per heavy atom. The second kappa shape index (κ2) is 4.24. The van der Waals surface area contributed by atoms with Crippen molar-refractivity contribution >= 4 is 22.9 Å². The van der Waals surface area contributed by atoms with E-state index in [1.165, 1.54) is 0 Å². The molecule has 0 radical (unpaired) electrons. The molecule has 0 heterocycles. The van der Waals surface area contributed by atoms with Crippen LogP contribution in [0.2, 0.25) is 5.02 Å². The predicted octanol–water partition coefficient (Wildman–Crippen LogP) is 3.78. The Hall–Kier alpha value is -1.08. The van der Waals surface area contributed by atoms with Gasteiger partial charge in [0.2, 0.25) is 0 Å². The fraction of sp³-hybridized carbons (Fsp3) is 0.182. The van der Waals surface area contributed by atoms with Crippen LogP contribution >= 0.6 is 11.6 Å². The van der Waals surface area contributed by atoms with E-state index in [-0.39, 0.29) is 0 Å². The van der Waals surface area contributed by atoms with Gasteiger partial charge in [-0.1, -0.05) is 29.8 Å². The van der Waals surface area contributed by atoms with Crippen LogP contribution in [0.25, 0.3) is 5.57 Å². The Morgan fingerprint density at radius 2 is 1.85 bits per heavy atom. The Bertz CT molecular complexity index is 336. The number of halogens is 1. The van der Waals surface area contributed by atoms with E-state index in [0.29, 0.717) is 5.71 Å². The van der Waals surface area contributed by atoms with E-state index in [1.54, 1.807) is 6.92 Å². The minimum absolute atomic E-state index is 0.574. The van der Waals surface area contributed by atoms with Crippen molar-refractivity contribution in [2.45, 2.75) is 13.8 Å². The normalized spacial score (nSPS) is 11.5. The van der Waals surface area contributed by atoms with Crippen LogP contribution in [0.3, 0.4) is 0 Å². The van der Waals surface area contributed by atoms with Crippen LogP contribution in [0.5, 0.6) is 0 Å². The van der Waals surface area contributed by atoms with E-state index in [9.17, 15) is 0 Å². The lowest BCUT2D eigenvalue weighted by atomic mass is 10.0. The van der Waals surface area contributed by atoms with E-state index in [4.69, 9.17) is 17.0 Å². The fourth-order valence-electron chi connectivity index (χ4n) is 1.23. The van der Waals surface area contributed by atoms with Gasteiger partial charge in [0.25, 0.3) is 0 Å². The zero-order valence-corrected chi connectivity index (χ0v) is 8.52. The van der Waals surface area contributed by atoms with Crippen LogP contribution in [0.4, 0.5) is 0 Å². The van der Waals surface area contributed by atoms with Gasteiger partial charge in [-0.2, -0.15) is 0 Å². The van der Waals surface area contributed by atoms with Gasteiger partial charge in [0.15, 0.2) is 0 Å². The van der Waals surface area contributed by atoms with E-state index in [0.717, 1.165) is 16.2 Å². The summed E-state index contributed by atoms with van der Waals surface area (Å²) in [5.74, 6) is 0. The quantitative estimate of drug-likeness (QED) is 0.692. The summed E-state index contributed by atoms with van der Waals surface area (Å²) in [7, 11) is 0. The zero-order valence-electron chi connectivity index (χ0n) is 7.76. The lowest BCUT2D eigenvalue weighted by Gasteiger charge is -2.04. The molecule has 1 nitrogen and oxygen atoms in total. The lowest BCUT2D eigenvalue weighted by Crippen LogP contribution is -1.93. The fourth-order valence-corrected chi connectivity index (χ4v) is 1.36. The van der Waals surface area contributed by atoms with E-state index in [1.807, 2.05) is 37.3 Å². The highest BCUT2D eigenvalue weighted by Gasteiger charge is 2.01. The maximum atomic E-state index is 7.54.